The molecular weight excluding hydrogens is 262 g/mol. The lowest BCUT2D eigenvalue weighted by molar-refractivity contribution is 0.176. The van der Waals surface area contributed by atoms with Crippen molar-refractivity contribution in [3.8, 4) is 5.75 Å². The summed E-state index contributed by atoms with van der Waals surface area (Å²) >= 11 is 0. The van der Waals surface area contributed by atoms with E-state index < -0.39 is 0 Å². The molecule has 3 rings (SSSR count). The Kier molecular flexibility index (Phi) is 4.23. The Balaban J connectivity index is 1.88. The van der Waals surface area contributed by atoms with E-state index in [1.54, 1.807) is 0 Å². The standard InChI is InChI=1S/C18H27NO2/c1-4-8-19-17(14-7-9-20-11-14)13-5-6-16-15(10-13)18(2,3)12-21-16/h5-6,10,14,17,19H,4,7-9,11-12H2,1-3H3. The summed E-state index contributed by atoms with van der Waals surface area (Å²) in [6, 6.07) is 7.13. The molecule has 0 saturated carbocycles. The van der Waals surface area contributed by atoms with E-state index in [-0.39, 0.29) is 5.41 Å². The Morgan fingerprint density at radius 2 is 2.24 bits per heavy atom. The highest BCUT2D eigenvalue weighted by Gasteiger charge is 2.34. The molecule has 2 atom stereocenters. The van der Waals surface area contributed by atoms with E-state index in [4.69, 9.17) is 9.47 Å². The summed E-state index contributed by atoms with van der Waals surface area (Å²) in [6.45, 7) is 10.3. The molecule has 0 aliphatic carbocycles. The van der Waals surface area contributed by atoms with Gasteiger partial charge in [-0.2, -0.15) is 0 Å². The lowest BCUT2D eigenvalue weighted by atomic mass is 9.83. The largest absolute Gasteiger partial charge is 0.492 e. The topological polar surface area (TPSA) is 30.5 Å². The van der Waals surface area contributed by atoms with Crippen LogP contribution in [0.15, 0.2) is 18.2 Å². The molecule has 21 heavy (non-hydrogen) atoms. The van der Waals surface area contributed by atoms with Crippen molar-refractivity contribution in [1.29, 1.82) is 0 Å². The first-order valence-electron chi connectivity index (χ1n) is 8.20. The molecular formula is C18H27NO2. The highest BCUT2D eigenvalue weighted by Crippen LogP contribution is 2.41. The maximum Gasteiger partial charge on any atom is 0.123 e. The quantitative estimate of drug-likeness (QED) is 0.901. The molecule has 0 spiro atoms. The summed E-state index contributed by atoms with van der Waals surface area (Å²) in [5, 5.41) is 3.73. The van der Waals surface area contributed by atoms with E-state index in [2.05, 4.69) is 44.3 Å². The third-order valence-corrected chi connectivity index (χ3v) is 4.73. The average molecular weight is 289 g/mol. The molecule has 1 saturated heterocycles. The van der Waals surface area contributed by atoms with Gasteiger partial charge in [-0.3, -0.25) is 0 Å². The molecule has 2 heterocycles. The summed E-state index contributed by atoms with van der Waals surface area (Å²) < 4.78 is 11.4. The van der Waals surface area contributed by atoms with Crippen molar-refractivity contribution in [3.63, 3.8) is 0 Å². The first-order chi connectivity index (χ1) is 10.1. The van der Waals surface area contributed by atoms with Crippen LogP contribution in [0.1, 0.15) is 50.8 Å². The predicted octanol–water partition coefficient (Wildman–Crippen LogP) is 3.43. The summed E-state index contributed by atoms with van der Waals surface area (Å²) in [7, 11) is 0. The number of nitrogens with one attached hydrogen (secondary N) is 1. The maximum absolute atomic E-state index is 5.81. The van der Waals surface area contributed by atoms with Crippen LogP contribution < -0.4 is 10.1 Å². The maximum atomic E-state index is 5.81. The zero-order chi connectivity index (χ0) is 14.9. The van der Waals surface area contributed by atoms with Gasteiger partial charge in [-0.1, -0.05) is 26.8 Å². The average Bonchev–Trinajstić information content (AvgIpc) is 3.09. The van der Waals surface area contributed by atoms with Crippen molar-refractivity contribution in [1.82, 2.24) is 5.32 Å². The van der Waals surface area contributed by atoms with Crippen LogP contribution in [0.2, 0.25) is 0 Å². The summed E-state index contributed by atoms with van der Waals surface area (Å²) in [5.74, 6) is 1.64. The second-order valence-electron chi connectivity index (χ2n) is 6.98. The van der Waals surface area contributed by atoms with Crippen molar-refractivity contribution in [3.05, 3.63) is 29.3 Å². The first kappa shape index (κ1) is 14.9. The Morgan fingerprint density at radius 3 is 2.95 bits per heavy atom. The van der Waals surface area contributed by atoms with Crippen LogP contribution in [0.5, 0.6) is 5.75 Å². The normalized spacial score (nSPS) is 24.6. The van der Waals surface area contributed by atoms with E-state index in [1.165, 1.54) is 11.1 Å². The highest BCUT2D eigenvalue weighted by atomic mass is 16.5. The Labute approximate surface area is 128 Å². The minimum atomic E-state index is 0.118. The van der Waals surface area contributed by atoms with Crippen LogP contribution in [0.3, 0.4) is 0 Å². The molecule has 3 nitrogen and oxygen atoms in total. The smallest absolute Gasteiger partial charge is 0.123 e. The van der Waals surface area contributed by atoms with Gasteiger partial charge < -0.3 is 14.8 Å². The molecule has 0 bridgehead atoms. The number of hydrogen-bond acceptors (Lipinski definition) is 3. The van der Waals surface area contributed by atoms with Crippen LogP contribution in [0.4, 0.5) is 0 Å². The fraction of sp³-hybridized carbons (Fsp3) is 0.667. The van der Waals surface area contributed by atoms with Gasteiger partial charge in [-0.25, -0.2) is 0 Å². The molecule has 1 N–H and O–H groups in total. The zero-order valence-electron chi connectivity index (χ0n) is 13.4. The number of ether oxygens (including phenoxy) is 2. The number of fused-ring (bicyclic) bond motifs is 1. The zero-order valence-corrected chi connectivity index (χ0v) is 13.4. The van der Waals surface area contributed by atoms with Gasteiger partial charge in [0.05, 0.1) is 13.2 Å². The van der Waals surface area contributed by atoms with Gasteiger partial charge in [0.2, 0.25) is 0 Å². The summed E-state index contributed by atoms with van der Waals surface area (Å²) in [5.41, 5.74) is 2.85. The van der Waals surface area contributed by atoms with E-state index in [9.17, 15) is 0 Å². The number of hydrogen-bond donors (Lipinski definition) is 1. The lowest BCUT2D eigenvalue weighted by Gasteiger charge is -2.26. The van der Waals surface area contributed by atoms with Crippen molar-refractivity contribution >= 4 is 0 Å². The van der Waals surface area contributed by atoms with Gasteiger partial charge in [-0.15, -0.1) is 0 Å². The van der Waals surface area contributed by atoms with Crippen LogP contribution in [-0.4, -0.2) is 26.4 Å². The first-order valence-corrected chi connectivity index (χ1v) is 8.20. The fourth-order valence-electron chi connectivity index (χ4n) is 3.40. The van der Waals surface area contributed by atoms with Crippen molar-refractivity contribution in [2.45, 2.75) is 45.1 Å². The monoisotopic (exact) mass is 289 g/mol. The van der Waals surface area contributed by atoms with E-state index in [1.807, 2.05) is 0 Å². The van der Waals surface area contributed by atoms with Crippen LogP contribution in [0, 0.1) is 5.92 Å². The third-order valence-electron chi connectivity index (χ3n) is 4.73. The van der Waals surface area contributed by atoms with E-state index in [0.717, 1.165) is 45.0 Å². The number of benzene rings is 1. The Morgan fingerprint density at radius 1 is 1.38 bits per heavy atom. The van der Waals surface area contributed by atoms with Gasteiger partial charge in [-0.05, 0) is 37.1 Å². The fourth-order valence-corrected chi connectivity index (χ4v) is 3.40. The molecule has 2 aliphatic rings. The van der Waals surface area contributed by atoms with Gasteiger partial charge in [0, 0.05) is 29.5 Å². The van der Waals surface area contributed by atoms with E-state index in [0.29, 0.717) is 12.0 Å². The molecule has 0 amide bonds. The van der Waals surface area contributed by atoms with Crippen molar-refractivity contribution in [2.24, 2.45) is 5.92 Å². The lowest BCUT2D eigenvalue weighted by Crippen LogP contribution is -2.29. The van der Waals surface area contributed by atoms with E-state index >= 15 is 0 Å². The van der Waals surface area contributed by atoms with Gasteiger partial charge in [0.1, 0.15) is 5.75 Å². The Bertz CT molecular complexity index is 492. The van der Waals surface area contributed by atoms with Crippen LogP contribution in [-0.2, 0) is 10.2 Å². The van der Waals surface area contributed by atoms with Crippen molar-refractivity contribution < 1.29 is 9.47 Å². The molecule has 116 valence electrons. The molecule has 3 heteroatoms. The second kappa shape index (κ2) is 5.98. The second-order valence-corrected chi connectivity index (χ2v) is 6.98. The number of rotatable bonds is 5. The van der Waals surface area contributed by atoms with Crippen LogP contribution in [0.25, 0.3) is 0 Å². The minimum Gasteiger partial charge on any atom is -0.492 e. The molecule has 1 aromatic rings. The van der Waals surface area contributed by atoms with Crippen molar-refractivity contribution in [2.75, 3.05) is 26.4 Å². The van der Waals surface area contributed by atoms with Gasteiger partial charge in [0.15, 0.2) is 0 Å². The summed E-state index contributed by atoms with van der Waals surface area (Å²) in [4.78, 5) is 0. The molecule has 1 aromatic carbocycles. The third kappa shape index (κ3) is 2.95. The molecule has 2 aliphatic heterocycles. The highest BCUT2D eigenvalue weighted by molar-refractivity contribution is 5.46. The molecule has 0 radical (unpaired) electrons. The van der Waals surface area contributed by atoms with Gasteiger partial charge >= 0.3 is 0 Å². The molecule has 1 fully saturated rings. The minimum absolute atomic E-state index is 0.118. The molecule has 0 aromatic heterocycles. The van der Waals surface area contributed by atoms with Gasteiger partial charge in [0.25, 0.3) is 0 Å². The SMILES string of the molecule is CCCNC(c1ccc2c(c1)C(C)(C)CO2)C1CCOC1. The molecule has 2 unspecified atom stereocenters. The summed E-state index contributed by atoms with van der Waals surface area (Å²) in [6.07, 6.45) is 2.31. The predicted molar refractivity (Wildman–Crippen MR) is 84.9 cm³/mol. The van der Waals surface area contributed by atoms with Crippen LogP contribution >= 0.6 is 0 Å². The Hall–Kier alpha value is -1.06.